The van der Waals surface area contributed by atoms with Crippen molar-refractivity contribution in [3.05, 3.63) is 33.3 Å². The van der Waals surface area contributed by atoms with Crippen LogP contribution in [0.1, 0.15) is 38.3 Å². The van der Waals surface area contributed by atoms with Gasteiger partial charge in [0.05, 0.1) is 0 Å². The first-order chi connectivity index (χ1) is 8.19. The standard InChI is InChI=1S/C14H17BrClN/c1-3-5-6-14(17-9-4-2)12-10-11(16)7-8-13(12)15/h7-8,10,14,17H,4,6,9H2,1-2H3. The van der Waals surface area contributed by atoms with Crippen LogP contribution >= 0.6 is 27.5 Å². The zero-order valence-corrected chi connectivity index (χ0v) is 12.5. The summed E-state index contributed by atoms with van der Waals surface area (Å²) in [6, 6.07) is 6.10. The van der Waals surface area contributed by atoms with E-state index in [1.807, 2.05) is 25.1 Å². The fraction of sp³-hybridized carbons (Fsp3) is 0.429. The summed E-state index contributed by atoms with van der Waals surface area (Å²) in [6.07, 6.45) is 1.91. The molecule has 1 nitrogen and oxygen atoms in total. The van der Waals surface area contributed by atoms with Crippen molar-refractivity contribution < 1.29 is 0 Å². The number of hydrogen-bond acceptors (Lipinski definition) is 1. The minimum atomic E-state index is 0.232. The van der Waals surface area contributed by atoms with Crippen molar-refractivity contribution in [2.45, 2.75) is 32.7 Å². The Morgan fingerprint density at radius 3 is 2.88 bits per heavy atom. The van der Waals surface area contributed by atoms with E-state index in [0.717, 1.165) is 28.9 Å². The van der Waals surface area contributed by atoms with Crippen LogP contribution in [0.4, 0.5) is 0 Å². The van der Waals surface area contributed by atoms with Gasteiger partial charge in [-0.25, -0.2) is 0 Å². The maximum absolute atomic E-state index is 6.04. The van der Waals surface area contributed by atoms with Gasteiger partial charge in [-0.15, -0.1) is 11.8 Å². The number of hydrogen-bond donors (Lipinski definition) is 1. The molecule has 0 amide bonds. The molecular weight excluding hydrogens is 298 g/mol. The Balaban J connectivity index is 2.92. The molecule has 0 aromatic heterocycles. The zero-order chi connectivity index (χ0) is 12.7. The van der Waals surface area contributed by atoms with Gasteiger partial charge in [-0.3, -0.25) is 0 Å². The van der Waals surface area contributed by atoms with Gasteiger partial charge in [0.15, 0.2) is 0 Å². The molecule has 1 atom stereocenters. The second-order valence-electron chi connectivity index (χ2n) is 3.80. The Hall–Kier alpha value is -0.490. The summed E-state index contributed by atoms with van der Waals surface area (Å²) in [5, 5.41) is 4.26. The van der Waals surface area contributed by atoms with E-state index in [0.29, 0.717) is 0 Å². The van der Waals surface area contributed by atoms with Gasteiger partial charge in [0.25, 0.3) is 0 Å². The molecule has 0 bridgehead atoms. The molecule has 0 aliphatic rings. The molecule has 0 saturated carbocycles. The fourth-order valence-electron chi connectivity index (χ4n) is 1.60. The highest BCUT2D eigenvalue weighted by Crippen LogP contribution is 2.28. The Morgan fingerprint density at radius 2 is 2.24 bits per heavy atom. The van der Waals surface area contributed by atoms with Crippen LogP contribution in [0.5, 0.6) is 0 Å². The molecule has 1 aromatic carbocycles. The van der Waals surface area contributed by atoms with Gasteiger partial charge in [-0.2, -0.15) is 0 Å². The average molecular weight is 315 g/mol. The molecule has 0 fully saturated rings. The van der Waals surface area contributed by atoms with Crippen molar-refractivity contribution in [2.75, 3.05) is 6.54 Å². The van der Waals surface area contributed by atoms with Crippen molar-refractivity contribution in [3.8, 4) is 11.8 Å². The highest BCUT2D eigenvalue weighted by molar-refractivity contribution is 9.10. The van der Waals surface area contributed by atoms with Gasteiger partial charge in [0, 0.05) is 22.0 Å². The van der Waals surface area contributed by atoms with E-state index in [2.05, 4.69) is 40.0 Å². The average Bonchev–Trinajstić information content (AvgIpc) is 2.33. The third-order valence-corrected chi connectivity index (χ3v) is 3.41. The monoisotopic (exact) mass is 313 g/mol. The smallest absolute Gasteiger partial charge is 0.0442 e. The first kappa shape index (κ1) is 14.6. The molecule has 17 heavy (non-hydrogen) atoms. The van der Waals surface area contributed by atoms with E-state index in [4.69, 9.17) is 11.6 Å². The molecule has 1 N–H and O–H groups in total. The summed E-state index contributed by atoms with van der Waals surface area (Å²) >= 11 is 9.61. The van der Waals surface area contributed by atoms with Gasteiger partial charge in [0.1, 0.15) is 0 Å². The lowest BCUT2D eigenvalue weighted by Crippen LogP contribution is -2.22. The Bertz CT molecular complexity index is 420. The lowest BCUT2D eigenvalue weighted by molar-refractivity contribution is 0.541. The summed E-state index contributed by atoms with van der Waals surface area (Å²) < 4.78 is 1.08. The molecule has 92 valence electrons. The second kappa shape index (κ2) is 7.76. The zero-order valence-electron chi connectivity index (χ0n) is 10.2. The number of halogens is 2. The predicted octanol–water partition coefficient (Wildman–Crippen LogP) is 4.56. The Labute approximate surface area is 117 Å². The van der Waals surface area contributed by atoms with Crippen molar-refractivity contribution in [1.29, 1.82) is 0 Å². The number of nitrogens with one attached hydrogen (secondary N) is 1. The lowest BCUT2D eigenvalue weighted by atomic mass is 10.0. The Morgan fingerprint density at radius 1 is 1.47 bits per heavy atom. The normalized spacial score (nSPS) is 11.8. The maximum Gasteiger partial charge on any atom is 0.0442 e. The SMILES string of the molecule is CC#CCC(NCCC)c1cc(Cl)ccc1Br. The van der Waals surface area contributed by atoms with Crippen molar-refractivity contribution in [2.24, 2.45) is 0 Å². The van der Waals surface area contributed by atoms with E-state index < -0.39 is 0 Å². The summed E-state index contributed by atoms with van der Waals surface area (Å²) in [5.74, 6) is 6.07. The molecule has 3 heteroatoms. The van der Waals surface area contributed by atoms with Gasteiger partial charge < -0.3 is 5.32 Å². The lowest BCUT2D eigenvalue weighted by Gasteiger charge is -2.18. The molecule has 0 aliphatic carbocycles. The van der Waals surface area contributed by atoms with Crippen LogP contribution in [-0.4, -0.2) is 6.54 Å². The largest absolute Gasteiger partial charge is 0.309 e. The van der Waals surface area contributed by atoms with Crippen LogP contribution in [0.2, 0.25) is 5.02 Å². The number of rotatable bonds is 5. The summed E-state index contributed by atoms with van der Waals surface area (Å²) in [4.78, 5) is 0. The second-order valence-corrected chi connectivity index (χ2v) is 5.09. The van der Waals surface area contributed by atoms with Crippen molar-refractivity contribution in [1.82, 2.24) is 5.32 Å². The molecule has 0 heterocycles. The van der Waals surface area contributed by atoms with Crippen LogP contribution in [0.15, 0.2) is 22.7 Å². The highest BCUT2D eigenvalue weighted by Gasteiger charge is 2.13. The van der Waals surface area contributed by atoms with Gasteiger partial charge in [-0.1, -0.05) is 34.5 Å². The highest BCUT2D eigenvalue weighted by atomic mass is 79.9. The van der Waals surface area contributed by atoms with Crippen LogP contribution in [0.3, 0.4) is 0 Å². The summed E-state index contributed by atoms with van der Waals surface area (Å²) in [5.41, 5.74) is 1.17. The first-order valence-electron chi connectivity index (χ1n) is 5.77. The van der Waals surface area contributed by atoms with E-state index >= 15 is 0 Å². The first-order valence-corrected chi connectivity index (χ1v) is 6.94. The summed E-state index contributed by atoms with van der Waals surface area (Å²) in [6.45, 7) is 5.00. The number of benzene rings is 1. The van der Waals surface area contributed by atoms with Gasteiger partial charge in [-0.05, 0) is 43.7 Å². The van der Waals surface area contributed by atoms with Crippen LogP contribution in [0, 0.1) is 11.8 Å². The van der Waals surface area contributed by atoms with Crippen LogP contribution in [-0.2, 0) is 0 Å². The molecule has 1 aromatic rings. The van der Waals surface area contributed by atoms with Crippen molar-refractivity contribution >= 4 is 27.5 Å². The minimum absolute atomic E-state index is 0.232. The van der Waals surface area contributed by atoms with Gasteiger partial charge >= 0.3 is 0 Å². The Kier molecular flexibility index (Phi) is 6.65. The van der Waals surface area contributed by atoms with E-state index in [1.54, 1.807) is 0 Å². The maximum atomic E-state index is 6.04. The van der Waals surface area contributed by atoms with Crippen LogP contribution < -0.4 is 5.32 Å². The predicted molar refractivity (Wildman–Crippen MR) is 78.3 cm³/mol. The molecule has 1 rings (SSSR count). The topological polar surface area (TPSA) is 12.0 Å². The van der Waals surface area contributed by atoms with E-state index in [-0.39, 0.29) is 6.04 Å². The summed E-state index contributed by atoms with van der Waals surface area (Å²) in [7, 11) is 0. The van der Waals surface area contributed by atoms with Gasteiger partial charge in [0.2, 0.25) is 0 Å². The minimum Gasteiger partial charge on any atom is -0.309 e. The van der Waals surface area contributed by atoms with E-state index in [1.165, 1.54) is 5.56 Å². The van der Waals surface area contributed by atoms with Crippen molar-refractivity contribution in [3.63, 3.8) is 0 Å². The molecule has 0 spiro atoms. The molecule has 0 radical (unpaired) electrons. The fourth-order valence-corrected chi connectivity index (χ4v) is 2.30. The molecule has 0 saturated heterocycles. The van der Waals surface area contributed by atoms with E-state index in [9.17, 15) is 0 Å². The third kappa shape index (κ3) is 4.71. The quantitative estimate of drug-likeness (QED) is 0.786. The molecule has 0 aliphatic heterocycles. The third-order valence-electron chi connectivity index (χ3n) is 2.46. The molecular formula is C14H17BrClN. The molecule has 1 unspecified atom stereocenters. The van der Waals surface area contributed by atoms with Crippen LogP contribution in [0.25, 0.3) is 0 Å².